The lowest BCUT2D eigenvalue weighted by Crippen LogP contribution is -2.11. The zero-order chi connectivity index (χ0) is 7.61. The summed E-state index contributed by atoms with van der Waals surface area (Å²) in [7, 11) is 0. The van der Waals surface area contributed by atoms with Crippen LogP contribution in [0.1, 0.15) is 12.5 Å². The molecule has 0 bridgehead atoms. The first-order chi connectivity index (χ1) is 4.61. The van der Waals surface area contributed by atoms with Crippen LogP contribution in [0.15, 0.2) is 30.3 Å². The molecule has 1 nitrogen and oxygen atoms in total. The molecule has 1 aromatic carbocycles. The average Bonchev–Trinajstić information content (AvgIpc) is 1.88. The fraction of sp³-hybridized carbons (Fsp3) is 0.250. The van der Waals surface area contributed by atoms with Crippen LogP contribution in [0.2, 0.25) is 0 Å². The third-order valence-electron chi connectivity index (χ3n) is 1.32. The van der Waals surface area contributed by atoms with Crippen LogP contribution in [-0.4, -0.2) is 5.11 Å². The highest BCUT2D eigenvalue weighted by atomic mass is 32.1. The van der Waals surface area contributed by atoms with Crippen LogP contribution in [0.5, 0.6) is 0 Å². The van der Waals surface area contributed by atoms with Gasteiger partial charge in [0.15, 0.2) is 0 Å². The maximum Gasteiger partial charge on any atom is 0.130 e. The van der Waals surface area contributed by atoms with E-state index < -0.39 is 4.93 Å². The Morgan fingerprint density at radius 3 is 2.10 bits per heavy atom. The summed E-state index contributed by atoms with van der Waals surface area (Å²) >= 11 is 4.00. The van der Waals surface area contributed by atoms with E-state index in [2.05, 4.69) is 12.6 Å². The third-order valence-corrected chi connectivity index (χ3v) is 1.58. The molecule has 1 aromatic rings. The van der Waals surface area contributed by atoms with Gasteiger partial charge in [0, 0.05) is 0 Å². The van der Waals surface area contributed by atoms with Gasteiger partial charge < -0.3 is 5.11 Å². The third kappa shape index (κ3) is 1.75. The van der Waals surface area contributed by atoms with E-state index in [-0.39, 0.29) is 0 Å². The van der Waals surface area contributed by atoms with E-state index in [1.807, 2.05) is 30.3 Å². The summed E-state index contributed by atoms with van der Waals surface area (Å²) in [6.45, 7) is 1.64. The molecule has 1 unspecified atom stereocenters. The highest BCUT2D eigenvalue weighted by Crippen LogP contribution is 2.23. The Balaban J connectivity index is 2.97. The smallest absolute Gasteiger partial charge is 0.130 e. The molecule has 0 aromatic heterocycles. The van der Waals surface area contributed by atoms with Gasteiger partial charge in [0.2, 0.25) is 0 Å². The second kappa shape index (κ2) is 2.64. The highest BCUT2D eigenvalue weighted by molar-refractivity contribution is 7.81. The Hall–Kier alpha value is -0.470. The van der Waals surface area contributed by atoms with Gasteiger partial charge >= 0.3 is 0 Å². The minimum Gasteiger partial charge on any atom is -0.376 e. The Kier molecular flexibility index (Phi) is 2.02. The van der Waals surface area contributed by atoms with Gasteiger partial charge in [-0.1, -0.05) is 30.3 Å². The molecule has 0 fully saturated rings. The number of hydrogen-bond acceptors (Lipinski definition) is 2. The lowest BCUT2D eigenvalue weighted by Gasteiger charge is -2.15. The van der Waals surface area contributed by atoms with Crippen molar-refractivity contribution in [3.63, 3.8) is 0 Å². The molecule has 1 N–H and O–H groups in total. The van der Waals surface area contributed by atoms with Crippen molar-refractivity contribution in [1.29, 1.82) is 0 Å². The van der Waals surface area contributed by atoms with Crippen LogP contribution in [0.4, 0.5) is 0 Å². The largest absolute Gasteiger partial charge is 0.376 e. The topological polar surface area (TPSA) is 20.2 Å². The van der Waals surface area contributed by atoms with Gasteiger partial charge in [-0.3, -0.25) is 0 Å². The number of thiol groups is 1. The first-order valence-electron chi connectivity index (χ1n) is 3.11. The summed E-state index contributed by atoms with van der Waals surface area (Å²) < 4.78 is 0. The monoisotopic (exact) mass is 154 g/mol. The Bertz CT molecular complexity index is 200. The Morgan fingerprint density at radius 1 is 1.30 bits per heavy atom. The SMILES string of the molecule is CC(O)(S)c1ccccc1. The van der Waals surface area contributed by atoms with E-state index in [4.69, 9.17) is 0 Å². The molecule has 10 heavy (non-hydrogen) atoms. The predicted molar refractivity (Wildman–Crippen MR) is 45.0 cm³/mol. The van der Waals surface area contributed by atoms with Gasteiger partial charge in [-0.25, -0.2) is 0 Å². The van der Waals surface area contributed by atoms with E-state index in [1.54, 1.807) is 6.92 Å². The number of aliphatic hydroxyl groups is 1. The van der Waals surface area contributed by atoms with E-state index >= 15 is 0 Å². The minimum absolute atomic E-state index is 0.818. The van der Waals surface area contributed by atoms with E-state index in [1.165, 1.54) is 0 Å². The molecular formula is C8H10OS. The van der Waals surface area contributed by atoms with Crippen LogP contribution in [-0.2, 0) is 4.93 Å². The Morgan fingerprint density at radius 2 is 1.80 bits per heavy atom. The number of rotatable bonds is 1. The maximum atomic E-state index is 9.35. The highest BCUT2D eigenvalue weighted by Gasteiger charge is 2.15. The quantitative estimate of drug-likeness (QED) is 0.466. The van der Waals surface area contributed by atoms with Gasteiger partial charge in [-0.15, -0.1) is 12.6 Å². The summed E-state index contributed by atoms with van der Waals surface area (Å²) in [6.07, 6.45) is 0. The molecule has 1 rings (SSSR count). The van der Waals surface area contributed by atoms with Gasteiger partial charge in [0.05, 0.1) is 0 Å². The predicted octanol–water partition coefficient (Wildman–Crippen LogP) is 1.78. The molecule has 54 valence electrons. The molecule has 0 aliphatic heterocycles. The van der Waals surface area contributed by atoms with Crippen molar-refractivity contribution >= 4 is 12.6 Å². The Labute approximate surface area is 66.1 Å². The van der Waals surface area contributed by atoms with Crippen molar-refractivity contribution in [2.45, 2.75) is 11.9 Å². The molecule has 0 aliphatic carbocycles. The van der Waals surface area contributed by atoms with Crippen LogP contribution in [0.25, 0.3) is 0 Å². The normalized spacial score (nSPS) is 16.3. The fourth-order valence-corrected chi connectivity index (χ4v) is 0.903. The lowest BCUT2D eigenvalue weighted by molar-refractivity contribution is 0.162. The van der Waals surface area contributed by atoms with Gasteiger partial charge in [-0.2, -0.15) is 0 Å². The summed E-state index contributed by atoms with van der Waals surface area (Å²) in [6, 6.07) is 9.34. The zero-order valence-electron chi connectivity index (χ0n) is 5.78. The molecule has 0 heterocycles. The van der Waals surface area contributed by atoms with E-state index in [0.29, 0.717) is 0 Å². The number of hydrogen-bond donors (Lipinski definition) is 2. The standard InChI is InChI=1S/C8H10OS/c1-8(9,10)7-5-3-2-4-6-7/h2-6,9-10H,1H3. The van der Waals surface area contributed by atoms with E-state index in [0.717, 1.165) is 5.56 Å². The van der Waals surface area contributed by atoms with Crippen LogP contribution in [0.3, 0.4) is 0 Å². The van der Waals surface area contributed by atoms with Crippen molar-refractivity contribution in [3.8, 4) is 0 Å². The molecule has 0 amide bonds. The molecule has 0 spiro atoms. The van der Waals surface area contributed by atoms with Crippen LogP contribution < -0.4 is 0 Å². The molecule has 2 heteroatoms. The zero-order valence-corrected chi connectivity index (χ0v) is 6.68. The van der Waals surface area contributed by atoms with Gasteiger partial charge in [-0.05, 0) is 12.5 Å². The lowest BCUT2D eigenvalue weighted by atomic mass is 10.1. The summed E-state index contributed by atoms with van der Waals surface area (Å²) in [5, 5.41) is 9.35. The summed E-state index contributed by atoms with van der Waals surface area (Å²) in [5.74, 6) is 0. The molecule has 0 aliphatic rings. The van der Waals surface area contributed by atoms with Crippen molar-refractivity contribution in [1.82, 2.24) is 0 Å². The molecular weight excluding hydrogens is 144 g/mol. The van der Waals surface area contributed by atoms with Crippen molar-refractivity contribution < 1.29 is 5.11 Å². The van der Waals surface area contributed by atoms with Crippen LogP contribution >= 0.6 is 12.6 Å². The molecule has 0 radical (unpaired) electrons. The van der Waals surface area contributed by atoms with Gasteiger partial charge in [0.25, 0.3) is 0 Å². The fourth-order valence-electron chi connectivity index (χ4n) is 0.754. The maximum absolute atomic E-state index is 9.35. The average molecular weight is 154 g/mol. The van der Waals surface area contributed by atoms with E-state index in [9.17, 15) is 5.11 Å². The molecule has 1 atom stereocenters. The molecule has 0 saturated carbocycles. The van der Waals surface area contributed by atoms with Crippen molar-refractivity contribution in [2.24, 2.45) is 0 Å². The first-order valence-corrected chi connectivity index (χ1v) is 3.56. The van der Waals surface area contributed by atoms with Crippen LogP contribution in [0, 0.1) is 0 Å². The first kappa shape index (κ1) is 7.63. The second-order valence-electron chi connectivity index (χ2n) is 2.39. The number of benzene rings is 1. The van der Waals surface area contributed by atoms with Crippen molar-refractivity contribution in [2.75, 3.05) is 0 Å². The molecule has 0 saturated heterocycles. The minimum atomic E-state index is -1.01. The van der Waals surface area contributed by atoms with Gasteiger partial charge in [0.1, 0.15) is 4.93 Å². The summed E-state index contributed by atoms with van der Waals surface area (Å²) in [4.78, 5) is -1.01. The van der Waals surface area contributed by atoms with Crippen molar-refractivity contribution in [3.05, 3.63) is 35.9 Å². The summed E-state index contributed by atoms with van der Waals surface area (Å²) in [5.41, 5.74) is 0.818. The second-order valence-corrected chi connectivity index (χ2v) is 3.26.